The van der Waals surface area contributed by atoms with Gasteiger partial charge in [-0.15, -0.1) is 0 Å². The van der Waals surface area contributed by atoms with Crippen LogP contribution in [0.3, 0.4) is 0 Å². The zero-order valence-corrected chi connectivity index (χ0v) is 11.1. The lowest BCUT2D eigenvalue weighted by molar-refractivity contribution is 0.168. The van der Waals surface area contributed by atoms with Crippen molar-refractivity contribution in [2.75, 3.05) is 0 Å². The lowest BCUT2D eigenvalue weighted by atomic mass is 9.69. The van der Waals surface area contributed by atoms with Crippen molar-refractivity contribution in [1.82, 2.24) is 0 Å². The first kappa shape index (κ1) is 15.3. The number of nitriles is 1. The fourth-order valence-corrected chi connectivity index (χ4v) is 3.80. The highest BCUT2D eigenvalue weighted by molar-refractivity contribution is 4.92. The van der Waals surface area contributed by atoms with E-state index in [2.05, 4.69) is 25.1 Å². The van der Waals surface area contributed by atoms with Crippen LogP contribution in [0.5, 0.6) is 0 Å². The second kappa shape index (κ2) is 7.62. The molecule has 2 rings (SSSR count). The Morgan fingerprint density at radius 1 is 0.889 bits per heavy atom. The van der Waals surface area contributed by atoms with Gasteiger partial charge in [0.25, 0.3) is 0 Å². The van der Waals surface area contributed by atoms with Gasteiger partial charge >= 0.3 is 0 Å². The summed E-state index contributed by atoms with van der Waals surface area (Å²) in [6.45, 7) is 2.13. The Balaban J connectivity index is 0.00000162. The summed E-state index contributed by atoms with van der Waals surface area (Å²) in [6.07, 6.45) is 15.2. The largest absolute Gasteiger partial charge is 0.198 e. The molecule has 102 valence electrons. The van der Waals surface area contributed by atoms with E-state index < -0.39 is 0 Å². The molecule has 2 aliphatic carbocycles. The molecule has 0 N–H and O–H groups in total. The van der Waals surface area contributed by atoms with E-state index >= 15 is 0 Å². The van der Waals surface area contributed by atoms with Gasteiger partial charge in [-0.25, -0.2) is 0 Å². The van der Waals surface area contributed by atoms with Gasteiger partial charge in [-0.1, -0.05) is 19.6 Å². The highest BCUT2D eigenvalue weighted by Gasteiger charge is 2.30. The molecule has 1 heteroatoms. The van der Waals surface area contributed by atoms with Crippen LogP contribution in [-0.4, -0.2) is 0 Å². The number of rotatable bonds is 2. The fourth-order valence-electron chi connectivity index (χ4n) is 3.80. The summed E-state index contributed by atoms with van der Waals surface area (Å²) in [5.41, 5.74) is 0. The van der Waals surface area contributed by atoms with Crippen LogP contribution in [0.15, 0.2) is 12.2 Å². The Hall–Kier alpha value is -0.770. The van der Waals surface area contributed by atoms with Crippen molar-refractivity contribution in [1.29, 1.82) is 5.26 Å². The average Bonchev–Trinajstić information content (AvgIpc) is 2.40. The van der Waals surface area contributed by atoms with Crippen molar-refractivity contribution in [2.24, 2.45) is 23.7 Å². The van der Waals surface area contributed by atoms with Crippen LogP contribution >= 0.6 is 0 Å². The highest BCUT2D eigenvalue weighted by atomic mass is 14.4. The summed E-state index contributed by atoms with van der Waals surface area (Å²) in [5.74, 6) is 3.12. The third-order valence-electron chi connectivity index (χ3n) is 4.90. The zero-order valence-electron chi connectivity index (χ0n) is 11.1. The number of hydrogen-bond donors (Lipinski definition) is 0. The number of hydrogen-bond acceptors (Lipinski definition) is 1. The first-order valence-corrected chi connectivity index (χ1v) is 7.36. The van der Waals surface area contributed by atoms with Crippen LogP contribution in [0.1, 0.15) is 65.7 Å². The highest BCUT2D eigenvalue weighted by Crippen LogP contribution is 2.41. The second-order valence-electron chi connectivity index (χ2n) is 5.94. The molecule has 0 aromatic rings. The third-order valence-corrected chi connectivity index (χ3v) is 4.90. The van der Waals surface area contributed by atoms with Crippen LogP contribution in [0.4, 0.5) is 0 Å². The minimum atomic E-state index is 0. The van der Waals surface area contributed by atoms with Gasteiger partial charge in [0.1, 0.15) is 0 Å². The van der Waals surface area contributed by atoms with E-state index in [1.54, 1.807) is 0 Å². The zero-order chi connectivity index (χ0) is 12.1. The molecule has 0 aromatic heterocycles. The molecule has 18 heavy (non-hydrogen) atoms. The van der Waals surface area contributed by atoms with Gasteiger partial charge in [-0.2, -0.15) is 5.26 Å². The molecular formula is C17H29N. The monoisotopic (exact) mass is 247 g/mol. The van der Waals surface area contributed by atoms with Gasteiger partial charge in [-0.3, -0.25) is 0 Å². The molecule has 0 saturated heterocycles. The second-order valence-corrected chi connectivity index (χ2v) is 5.94. The van der Waals surface area contributed by atoms with E-state index in [0.29, 0.717) is 5.92 Å². The van der Waals surface area contributed by atoms with Gasteiger partial charge < -0.3 is 0 Å². The maximum atomic E-state index is 8.92. The van der Waals surface area contributed by atoms with Gasteiger partial charge in [0, 0.05) is 5.92 Å². The molecule has 0 bridgehead atoms. The molecule has 0 unspecified atom stereocenters. The van der Waals surface area contributed by atoms with Crippen molar-refractivity contribution in [3.05, 3.63) is 12.2 Å². The normalized spacial score (nSPS) is 36.9. The molecule has 0 spiro atoms. The van der Waals surface area contributed by atoms with Gasteiger partial charge in [0.15, 0.2) is 0 Å². The lowest BCUT2D eigenvalue weighted by Crippen LogP contribution is -2.25. The number of allylic oxidation sites excluding steroid dienone is 2. The Labute approximate surface area is 113 Å². The fraction of sp³-hybridized carbons (Fsp3) is 0.824. The Morgan fingerprint density at radius 2 is 1.39 bits per heavy atom. The smallest absolute Gasteiger partial charge is 0.0655 e. The summed E-state index contributed by atoms with van der Waals surface area (Å²) < 4.78 is 0. The van der Waals surface area contributed by atoms with Crippen LogP contribution in [0.2, 0.25) is 0 Å². The molecule has 0 aliphatic heterocycles. The summed E-state index contributed by atoms with van der Waals surface area (Å²) in [6, 6.07) is 2.44. The van der Waals surface area contributed by atoms with Gasteiger partial charge in [0.2, 0.25) is 0 Å². The summed E-state index contributed by atoms with van der Waals surface area (Å²) in [4.78, 5) is 0. The molecule has 0 aromatic carbocycles. The molecule has 2 fully saturated rings. The Morgan fingerprint density at radius 3 is 1.83 bits per heavy atom. The van der Waals surface area contributed by atoms with E-state index in [4.69, 9.17) is 5.26 Å². The van der Waals surface area contributed by atoms with E-state index in [9.17, 15) is 0 Å². The van der Waals surface area contributed by atoms with Crippen molar-refractivity contribution >= 4 is 0 Å². The lowest BCUT2D eigenvalue weighted by Gasteiger charge is -2.36. The van der Waals surface area contributed by atoms with E-state index in [-0.39, 0.29) is 7.43 Å². The Kier molecular flexibility index (Phi) is 6.47. The summed E-state index contributed by atoms with van der Waals surface area (Å²) in [5, 5.41) is 8.92. The van der Waals surface area contributed by atoms with Gasteiger partial charge in [0.05, 0.1) is 6.07 Å². The summed E-state index contributed by atoms with van der Waals surface area (Å²) >= 11 is 0. The topological polar surface area (TPSA) is 23.8 Å². The minimum absolute atomic E-state index is 0. The van der Waals surface area contributed by atoms with Crippen LogP contribution < -0.4 is 0 Å². The van der Waals surface area contributed by atoms with Crippen LogP contribution in [0.25, 0.3) is 0 Å². The SMILES string of the molecule is C.C/C=C/C1CCC(C2CCC(C#N)CC2)CC1. The Bertz CT molecular complexity index is 283. The molecule has 0 radical (unpaired) electrons. The molecule has 0 heterocycles. The third kappa shape index (κ3) is 3.87. The molecule has 2 saturated carbocycles. The standard InChI is InChI=1S/C16H25N.CH4/c1-2-3-13-4-8-15(9-5-13)16-10-6-14(12-17)7-11-16;/h2-3,13-16H,4-11H2,1H3;1H4/b3-2+;. The van der Waals surface area contributed by atoms with Crippen LogP contribution in [-0.2, 0) is 0 Å². The van der Waals surface area contributed by atoms with E-state index in [1.807, 2.05) is 0 Å². The van der Waals surface area contributed by atoms with E-state index in [0.717, 1.165) is 30.6 Å². The average molecular weight is 247 g/mol. The quantitative estimate of drug-likeness (QED) is 0.605. The molecule has 0 amide bonds. The van der Waals surface area contributed by atoms with Gasteiger partial charge in [-0.05, 0) is 76.0 Å². The molecule has 0 atom stereocenters. The molecule has 1 nitrogen and oxygen atoms in total. The van der Waals surface area contributed by atoms with Crippen LogP contribution in [0, 0.1) is 35.0 Å². The van der Waals surface area contributed by atoms with Crippen molar-refractivity contribution in [2.45, 2.75) is 65.7 Å². The predicted molar refractivity (Wildman–Crippen MR) is 78.1 cm³/mol. The predicted octanol–water partition coefficient (Wildman–Crippen LogP) is 5.33. The molecule has 2 aliphatic rings. The minimum Gasteiger partial charge on any atom is -0.198 e. The maximum Gasteiger partial charge on any atom is 0.0655 e. The van der Waals surface area contributed by atoms with Crippen molar-refractivity contribution in [3.8, 4) is 6.07 Å². The first-order chi connectivity index (χ1) is 8.33. The number of nitrogens with zero attached hydrogens (tertiary/aromatic N) is 1. The van der Waals surface area contributed by atoms with E-state index in [1.165, 1.54) is 38.5 Å². The maximum absolute atomic E-state index is 8.92. The van der Waals surface area contributed by atoms with Crippen molar-refractivity contribution in [3.63, 3.8) is 0 Å². The first-order valence-electron chi connectivity index (χ1n) is 7.36. The summed E-state index contributed by atoms with van der Waals surface area (Å²) in [7, 11) is 0. The molecular weight excluding hydrogens is 218 g/mol. The van der Waals surface area contributed by atoms with Crippen molar-refractivity contribution < 1.29 is 0 Å².